The van der Waals surface area contributed by atoms with Crippen LogP contribution in [-0.4, -0.2) is 48.7 Å². The van der Waals surface area contributed by atoms with Crippen molar-refractivity contribution in [2.75, 3.05) is 32.8 Å². The molecule has 0 aromatic heterocycles. The molecular weight excluding hydrogens is 228 g/mol. The molecule has 4 nitrogen and oxygen atoms in total. The molecule has 0 saturated heterocycles. The zero-order valence-corrected chi connectivity index (χ0v) is 12.1. The summed E-state index contributed by atoms with van der Waals surface area (Å²) in [5.74, 6) is -0.0498. The van der Waals surface area contributed by atoms with E-state index in [2.05, 4.69) is 24.1 Å². The molecule has 4 heteroatoms. The van der Waals surface area contributed by atoms with Gasteiger partial charge in [-0.3, -0.25) is 4.79 Å². The van der Waals surface area contributed by atoms with Gasteiger partial charge in [0.15, 0.2) is 0 Å². The van der Waals surface area contributed by atoms with Gasteiger partial charge in [-0.05, 0) is 38.9 Å². The van der Waals surface area contributed by atoms with Crippen molar-refractivity contribution >= 4 is 5.91 Å². The number of hydrogen-bond donors (Lipinski definition) is 2. The van der Waals surface area contributed by atoms with Crippen molar-refractivity contribution in [3.05, 3.63) is 0 Å². The molecule has 0 radical (unpaired) electrons. The van der Waals surface area contributed by atoms with Gasteiger partial charge in [0.05, 0.1) is 6.61 Å². The van der Waals surface area contributed by atoms with Crippen molar-refractivity contribution in [3.63, 3.8) is 0 Å². The zero-order chi connectivity index (χ0) is 13.6. The third-order valence-corrected chi connectivity index (χ3v) is 2.97. The summed E-state index contributed by atoms with van der Waals surface area (Å²) < 4.78 is 0. The van der Waals surface area contributed by atoms with Crippen LogP contribution in [0.1, 0.15) is 52.4 Å². The summed E-state index contributed by atoms with van der Waals surface area (Å²) in [4.78, 5) is 13.6. The fourth-order valence-electron chi connectivity index (χ4n) is 1.82. The number of carbonyl (C=O) groups excluding carboxylic acids is 1. The first-order chi connectivity index (χ1) is 8.74. The van der Waals surface area contributed by atoms with Gasteiger partial charge in [0.1, 0.15) is 0 Å². The van der Waals surface area contributed by atoms with Crippen LogP contribution < -0.4 is 5.32 Å². The fraction of sp³-hybridized carbons (Fsp3) is 0.929. The van der Waals surface area contributed by atoms with E-state index in [1.165, 1.54) is 38.8 Å². The lowest BCUT2D eigenvalue weighted by Crippen LogP contribution is -2.31. The number of nitrogens with zero attached hydrogens (tertiary/aromatic N) is 1. The Balaban J connectivity index is 3.63. The summed E-state index contributed by atoms with van der Waals surface area (Å²) in [5, 5.41) is 11.4. The number of aliphatic hydroxyl groups is 1. The zero-order valence-electron chi connectivity index (χ0n) is 12.1. The van der Waals surface area contributed by atoms with E-state index in [-0.39, 0.29) is 18.9 Å². The Kier molecular flexibility index (Phi) is 12.4. The predicted octanol–water partition coefficient (Wildman–Crippen LogP) is 1.78. The molecule has 0 aliphatic heterocycles. The molecule has 0 unspecified atom stereocenters. The number of rotatable bonds is 12. The summed E-state index contributed by atoms with van der Waals surface area (Å²) in [6.45, 7) is 8.47. The highest BCUT2D eigenvalue weighted by atomic mass is 16.3. The van der Waals surface area contributed by atoms with Gasteiger partial charge >= 0.3 is 0 Å². The minimum Gasteiger partial charge on any atom is -0.396 e. The van der Waals surface area contributed by atoms with Crippen LogP contribution in [0, 0.1) is 0 Å². The molecule has 18 heavy (non-hydrogen) atoms. The second-order valence-electron chi connectivity index (χ2n) is 4.73. The first-order valence-corrected chi connectivity index (χ1v) is 7.34. The Morgan fingerprint density at radius 2 is 1.61 bits per heavy atom. The summed E-state index contributed by atoms with van der Waals surface area (Å²) in [6.07, 6.45) is 6.17. The molecule has 108 valence electrons. The Morgan fingerprint density at radius 1 is 1.06 bits per heavy atom. The quantitative estimate of drug-likeness (QED) is 0.525. The molecule has 2 N–H and O–H groups in total. The first-order valence-electron chi connectivity index (χ1n) is 7.34. The average Bonchev–Trinajstić information content (AvgIpc) is 2.37. The minimum absolute atomic E-state index is 0.0498. The third kappa shape index (κ3) is 10.5. The Morgan fingerprint density at radius 3 is 2.11 bits per heavy atom. The second kappa shape index (κ2) is 12.8. The highest BCUT2D eigenvalue weighted by Gasteiger charge is 2.04. The van der Waals surface area contributed by atoms with Gasteiger partial charge in [-0.25, -0.2) is 0 Å². The fourth-order valence-corrected chi connectivity index (χ4v) is 1.82. The Hall–Kier alpha value is -0.610. The second-order valence-corrected chi connectivity index (χ2v) is 4.73. The van der Waals surface area contributed by atoms with Crippen LogP contribution in [0.3, 0.4) is 0 Å². The molecule has 0 aromatic rings. The van der Waals surface area contributed by atoms with Crippen LogP contribution in [0.25, 0.3) is 0 Å². The Bertz CT molecular complexity index is 190. The molecular formula is C14H30N2O2. The number of unbranched alkanes of at least 4 members (excludes halogenated alkanes) is 2. The molecule has 0 atom stereocenters. The SMILES string of the molecule is CCCCN(CCCC)CCCNC(=O)CCO. The largest absolute Gasteiger partial charge is 0.396 e. The molecule has 0 fully saturated rings. The van der Waals surface area contributed by atoms with Crippen molar-refractivity contribution in [1.29, 1.82) is 0 Å². The van der Waals surface area contributed by atoms with Crippen molar-refractivity contribution in [3.8, 4) is 0 Å². The van der Waals surface area contributed by atoms with Crippen molar-refractivity contribution in [2.24, 2.45) is 0 Å². The maximum Gasteiger partial charge on any atom is 0.222 e. The summed E-state index contributed by atoms with van der Waals surface area (Å²) in [6, 6.07) is 0. The lowest BCUT2D eigenvalue weighted by Gasteiger charge is -2.21. The van der Waals surface area contributed by atoms with Crippen LogP contribution in [0.5, 0.6) is 0 Å². The van der Waals surface area contributed by atoms with Crippen LogP contribution in [-0.2, 0) is 4.79 Å². The van der Waals surface area contributed by atoms with E-state index in [1.807, 2.05) is 0 Å². The van der Waals surface area contributed by atoms with Crippen molar-refractivity contribution in [1.82, 2.24) is 10.2 Å². The minimum atomic E-state index is -0.0645. The molecule has 0 aliphatic carbocycles. The lowest BCUT2D eigenvalue weighted by atomic mass is 10.2. The van der Waals surface area contributed by atoms with Crippen molar-refractivity contribution in [2.45, 2.75) is 52.4 Å². The summed E-state index contributed by atoms with van der Waals surface area (Å²) in [5.41, 5.74) is 0. The smallest absolute Gasteiger partial charge is 0.222 e. The van der Waals surface area contributed by atoms with Crippen LogP contribution >= 0.6 is 0 Å². The third-order valence-electron chi connectivity index (χ3n) is 2.97. The molecule has 0 aliphatic rings. The number of amides is 1. The van der Waals surface area contributed by atoms with E-state index in [9.17, 15) is 4.79 Å². The summed E-state index contributed by atoms with van der Waals surface area (Å²) >= 11 is 0. The van der Waals surface area contributed by atoms with E-state index < -0.39 is 0 Å². The number of carbonyl (C=O) groups is 1. The number of aliphatic hydroxyl groups excluding tert-OH is 1. The van der Waals surface area contributed by atoms with Gasteiger partial charge in [0.25, 0.3) is 0 Å². The van der Waals surface area contributed by atoms with Gasteiger partial charge in [0, 0.05) is 13.0 Å². The maximum absolute atomic E-state index is 11.1. The van der Waals surface area contributed by atoms with Crippen LogP contribution in [0.4, 0.5) is 0 Å². The van der Waals surface area contributed by atoms with Gasteiger partial charge in [0.2, 0.25) is 5.91 Å². The summed E-state index contributed by atoms with van der Waals surface area (Å²) in [7, 11) is 0. The standard InChI is InChI=1S/C14H30N2O2/c1-3-5-10-16(11-6-4-2)12-7-9-15-14(18)8-13-17/h17H,3-13H2,1-2H3,(H,15,18). The van der Waals surface area contributed by atoms with Gasteiger partial charge in [-0.2, -0.15) is 0 Å². The highest BCUT2D eigenvalue weighted by molar-refractivity contribution is 5.75. The average molecular weight is 258 g/mol. The topological polar surface area (TPSA) is 52.6 Å². The number of nitrogens with one attached hydrogen (secondary N) is 1. The molecule has 0 bridgehead atoms. The molecule has 0 heterocycles. The maximum atomic E-state index is 11.1. The predicted molar refractivity (Wildman–Crippen MR) is 75.6 cm³/mol. The normalized spacial score (nSPS) is 10.9. The van der Waals surface area contributed by atoms with Crippen LogP contribution in [0.15, 0.2) is 0 Å². The van der Waals surface area contributed by atoms with Gasteiger partial charge < -0.3 is 15.3 Å². The van der Waals surface area contributed by atoms with E-state index in [0.717, 1.165) is 13.0 Å². The molecule has 0 aromatic carbocycles. The first kappa shape index (κ1) is 17.4. The lowest BCUT2D eigenvalue weighted by molar-refractivity contribution is -0.121. The molecule has 0 spiro atoms. The van der Waals surface area contributed by atoms with E-state index in [1.54, 1.807) is 0 Å². The van der Waals surface area contributed by atoms with Crippen molar-refractivity contribution < 1.29 is 9.90 Å². The van der Waals surface area contributed by atoms with Crippen LogP contribution in [0.2, 0.25) is 0 Å². The van der Waals surface area contributed by atoms with E-state index >= 15 is 0 Å². The highest BCUT2D eigenvalue weighted by Crippen LogP contribution is 2.00. The molecule has 0 saturated carbocycles. The Labute approximate surface area is 112 Å². The number of hydrogen-bond acceptors (Lipinski definition) is 3. The van der Waals surface area contributed by atoms with Gasteiger partial charge in [-0.15, -0.1) is 0 Å². The van der Waals surface area contributed by atoms with E-state index in [4.69, 9.17) is 5.11 Å². The monoisotopic (exact) mass is 258 g/mol. The molecule has 0 rings (SSSR count). The van der Waals surface area contributed by atoms with E-state index in [0.29, 0.717) is 6.54 Å². The molecule has 1 amide bonds. The van der Waals surface area contributed by atoms with Gasteiger partial charge in [-0.1, -0.05) is 26.7 Å².